The van der Waals surface area contributed by atoms with Gasteiger partial charge in [0.1, 0.15) is 23.3 Å². The first kappa shape index (κ1) is 32.1. The van der Waals surface area contributed by atoms with Crippen LogP contribution in [0.4, 0.5) is 18.0 Å². The van der Waals surface area contributed by atoms with Crippen molar-refractivity contribution in [1.29, 1.82) is 0 Å². The number of hydrogen-bond donors (Lipinski definition) is 2. The summed E-state index contributed by atoms with van der Waals surface area (Å²) in [5.41, 5.74) is -2.86. The van der Waals surface area contributed by atoms with E-state index in [0.717, 1.165) is 24.2 Å². The minimum Gasteiger partial charge on any atom is -0.483 e. The smallest absolute Gasteiger partial charge is 0.437 e. The van der Waals surface area contributed by atoms with E-state index in [1.807, 2.05) is 0 Å². The summed E-state index contributed by atoms with van der Waals surface area (Å²) in [6.45, 7) is 8.47. The van der Waals surface area contributed by atoms with E-state index in [4.69, 9.17) is 9.47 Å². The van der Waals surface area contributed by atoms with Crippen LogP contribution in [-0.4, -0.2) is 62.8 Å². The summed E-state index contributed by atoms with van der Waals surface area (Å²) >= 11 is 0. The largest absolute Gasteiger partial charge is 0.483 e. The number of halogens is 3. The number of allylic oxidation sites excluding steroid dienone is 1. The third-order valence-electron chi connectivity index (χ3n) is 7.73. The van der Waals surface area contributed by atoms with Gasteiger partial charge in [0, 0.05) is 17.4 Å². The van der Waals surface area contributed by atoms with Crippen LogP contribution in [0.2, 0.25) is 0 Å². The second kappa shape index (κ2) is 12.4. The summed E-state index contributed by atoms with van der Waals surface area (Å²) < 4.78 is 54.0. The molecule has 0 saturated carbocycles. The number of benzene rings is 1. The van der Waals surface area contributed by atoms with Gasteiger partial charge in [-0.25, -0.2) is 14.6 Å². The number of alkyl carbamates (subject to hydrolysis) is 1. The topological polar surface area (TPSA) is 118 Å². The van der Waals surface area contributed by atoms with Crippen molar-refractivity contribution in [2.24, 2.45) is 0 Å². The molecule has 1 spiro atoms. The maximum atomic E-state index is 14.2. The first-order valence-corrected chi connectivity index (χ1v) is 14.5. The Morgan fingerprint density at radius 3 is 2.60 bits per heavy atom. The van der Waals surface area contributed by atoms with Gasteiger partial charge in [0.05, 0.1) is 12.1 Å². The molecule has 4 rings (SSSR count). The van der Waals surface area contributed by atoms with E-state index < -0.39 is 58.9 Å². The summed E-state index contributed by atoms with van der Waals surface area (Å²) in [6.07, 6.45) is -0.534. The highest BCUT2D eigenvalue weighted by Gasteiger charge is 2.54. The molecule has 1 aromatic heterocycles. The van der Waals surface area contributed by atoms with Crippen molar-refractivity contribution in [3.05, 3.63) is 48.2 Å². The summed E-state index contributed by atoms with van der Waals surface area (Å²) in [5, 5.41) is 13.2. The lowest BCUT2D eigenvalue weighted by Gasteiger charge is -2.37. The molecule has 234 valence electrons. The number of aromatic nitrogens is 1. The molecule has 12 heteroatoms. The molecule has 2 aliphatic rings. The van der Waals surface area contributed by atoms with E-state index in [-0.39, 0.29) is 37.7 Å². The lowest BCUT2D eigenvalue weighted by atomic mass is 9.87. The third-order valence-corrected chi connectivity index (χ3v) is 7.73. The van der Waals surface area contributed by atoms with Crippen molar-refractivity contribution in [3.63, 3.8) is 0 Å². The van der Waals surface area contributed by atoms with E-state index >= 15 is 0 Å². The summed E-state index contributed by atoms with van der Waals surface area (Å²) in [7, 11) is 0. The minimum atomic E-state index is -4.82. The van der Waals surface area contributed by atoms with Gasteiger partial charge in [-0.1, -0.05) is 37.1 Å². The van der Waals surface area contributed by atoms with Gasteiger partial charge >= 0.3 is 18.2 Å². The molecule has 2 aliphatic heterocycles. The average Bonchev–Trinajstić information content (AvgIpc) is 3.28. The van der Waals surface area contributed by atoms with Crippen molar-refractivity contribution in [2.75, 3.05) is 6.54 Å². The Hall–Kier alpha value is -3.83. The molecule has 2 aromatic rings. The van der Waals surface area contributed by atoms with Crippen molar-refractivity contribution in [2.45, 2.75) is 102 Å². The number of nitrogens with one attached hydrogen (secondary N) is 1. The number of carbonyl (C=O) groups excluding carboxylic acids is 2. The molecule has 0 aliphatic carbocycles. The van der Waals surface area contributed by atoms with Gasteiger partial charge in [-0.15, -0.1) is 6.58 Å². The predicted molar refractivity (Wildman–Crippen MR) is 153 cm³/mol. The number of pyridine rings is 1. The first-order chi connectivity index (χ1) is 20.1. The van der Waals surface area contributed by atoms with Crippen LogP contribution < -0.4 is 10.1 Å². The van der Waals surface area contributed by atoms with Crippen molar-refractivity contribution < 1.29 is 42.1 Å². The number of aryl methyl sites for hydroxylation is 1. The Labute approximate surface area is 248 Å². The molecule has 9 nitrogen and oxygen atoms in total. The number of nitrogens with zero attached hydrogens (tertiary/aromatic N) is 2. The fraction of sp³-hybridized carbons (Fsp3) is 0.548. The standard InChI is InChI=1S/C31H38F3N3O6/c1-5-6-7-8-9-14-22(36-28(41)43-29(2,3)4)26(38)37-18-30(17-23(37)27(39)40)16-15-20-19-12-10-11-13-21(19)35-25(24(20)42-30)31(32,33)34/h5,10-13,22-23H,1,6-9,14-18H2,2-4H3,(H,36,41)(H,39,40). The zero-order valence-electron chi connectivity index (χ0n) is 24.6. The molecule has 3 heterocycles. The number of likely N-dealkylation sites (tertiary alicyclic amines) is 1. The van der Waals surface area contributed by atoms with Gasteiger partial charge in [0.25, 0.3) is 0 Å². The molecule has 0 radical (unpaired) electrons. The molecule has 43 heavy (non-hydrogen) atoms. The van der Waals surface area contributed by atoms with Crippen LogP contribution in [-0.2, 0) is 26.9 Å². The highest BCUT2D eigenvalue weighted by Crippen LogP contribution is 2.48. The zero-order valence-corrected chi connectivity index (χ0v) is 24.6. The highest BCUT2D eigenvalue weighted by atomic mass is 19.4. The van der Waals surface area contributed by atoms with E-state index in [1.54, 1.807) is 45.0 Å². The third kappa shape index (κ3) is 7.40. The lowest BCUT2D eigenvalue weighted by molar-refractivity contribution is -0.149. The van der Waals surface area contributed by atoms with Crippen LogP contribution in [0.3, 0.4) is 0 Å². The molecular formula is C31H38F3N3O6. The number of amides is 2. The van der Waals surface area contributed by atoms with E-state index in [9.17, 15) is 32.7 Å². The lowest BCUT2D eigenvalue weighted by Crippen LogP contribution is -2.53. The number of carboxylic acid groups (broad SMARTS) is 1. The number of hydrogen-bond acceptors (Lipinski definition) is 6. The number of carbonyl (C=O) groups is 3. The van der Waals surface area contributed by atoms with Crippen LogP contribution in [0.25, 0.3) is 10.9 Å². The molecule has 1 aromatic carbocycles. The van der Waals surface area contributed by atoms with Crippen LogP contribution in [0.15, 0.2) is 36.9 Å². The Morgan fingerprint density at radius 1 is 1.23 bits per heavy atom. The molecule has 1 saturated heterocycles. The molecular weight excluding hydrogens is 567 g/mol. The molecule has 2 amide bonds. The maximum Gasteiger partial charge on any atom is 0.437 e. The van der Waals surface area contributed by atoms with Crippen LogP contribution in [0.1, 0.15) is 77.0 Å². The zero-order chi connectivity index (χ0) is 31.6. The van der Waals surface area contributed by atoms with Gasteiger partial charge in [-0.3, -0.25) is 4.79 Å². The Morgan fingerprint density at radius 2 is 1.95 bits per heavy atom. The van der Waals surface area contributed by atoms with Gasteiger partial charge in [0.2, 0.25) is 5.91 Å². The number of fused-ring (bicyclic) bond motifs is 3. The predicted octanol–water partition coefficient (Wildman–Crippen LogP) is 6.03. The van der Waals surface area contributed by atoms with Crippen molar-refractivity contribution >= 4 is 28.9 Å². The Kier molecular flexibility index (Phi) is 9.27. The van der Waals surface area contributed by atoms with Gasteiger partial charge in [0.15, 0.2) is 11.4 Å². The fourth-order valence-electron chi connectivity index (χ4n) is 5.81. The Balaban J connectivity index is 1.64. The van der Waals surface area contributed by atoms with Gasteiger partial charge < -0.3 is 24.8 Å². The fourth-order valence-corrected chi connectivity index (χ4v) is 5.81. The molecule has 3 unspecified atom stereocenters. The normalized spacial score (nSPS) is 20.8. The van der Waals surface area contributed by atoms with E-state index in [0.29, 0.717) is 17.4 Å². The summed E-state index contributed by atoms with van der Waals surface area (Å²) in [5.74, 6) is -2.39. The maximum absolute atomic E-state index is 14.2. The Bertz CT molecular complexity index is 1390. The van der Waals surface area contributed by atoms with Crippen molar-refractivity contribution in [3.8, 4) is 5.75 Å². The van der Waals surface area contributed by atoms with Crippen molar-refractivity contribution in [1.82, 2.24) is 15.2 Å². The second-order valence-electron chi connectivity index (χ2n) is 12.2. The summed E-state index contributed by atoms with van der Waals surface area (Å²) in [4.78, 5) is 43.9. The van der Waals surface area contributed by atoms with Crippen LogP contribution in [0.5, 0.6) is 5.75 Å². The number of para-hydroxylation sites is 1. The number of carboxylic acids is 1. The minimum absolute atomic E-state index is 0.179. The highest BCUT2D eigenvalue weighted by molar-refractivity contribution is 5.90. The summed E-state index contributed by atoms with van der Waals surface area (Å²) in [6, 6.07) is 4.03. The van der Waals surface area contributed by atoms with E-state index in [1.165, 1.54) is 6.07 Å². The number of unbranched alkanes of at least 4 members (excludes halogenated alkanes) is 3. The quantitative estimate of drug-likeness (QED) is 0.265. The van der Waals surface area contributed by atoms with Crippen LogP contribution >= 0.6 is 0 Å². The molecule has 2 N–H and O–H groups in total. The average molecular weight is 606 g/mol. The monoisotopic (exact) mass is 605 g/mol. The number of alkyl halides is 3. The number of rotatable bonds is 9. The van der Waals surface area contributed by atoms with Gasteiger partial charge in [-0.05, 0) is 58.9 Å². The first-order valence-electron chi connectivity index (χ1n) is 14.5. The van der Waals surface area contributed by atoms with Gasteiger partial charge in [-0.2, -0.15) is 13.2 Å². The molecule has 0 bridgehead atoms. The number of aliphatic carboxylic acids is 1. The van der Waals surface area contributed by atoms with Crippen LogP contribution in [0, 0.1) is 0 Å². The second-order valence-corrected chi connectivity index (χ2v) is 12.2. The molecule has 1 fully saturated rings. The molecule has 3 atom stereocenters. The number of ether oxygens (including phenoxy) is 2. The SMILES string of the molecule is C=CCCCCCC(NC(=O)OC(C)(C)C)C(=O)N1CC2(CCc3c(c(C(F)(F)F)nc4ccccc34)O2)CC1C(=O)O. The van der Waals surface area contributed by atoms with E-state index in [2.05, 4.69) is 16.9 Å².